The second kappa shape index (κ2) is 9.18. The van der Waals surface area contributed by atoms with Crippen LogP contribution in [0.15, 0.2) is 29.1 Å². The van der Waals surface area contributed by atoms with Gasteiger partial charge in [0.25, 0.3) is 5.56 Å². The lowest BCUT2D eigenvalue weighted by Crippen LogP contribution is -2.26. The summed E-state index contributed by atoms with van der Waals surface area (Å²) in [7, 11) is 0. The summed E-state index contributed by atoms with van der Waals surface area (Å²) < 4.78 is 0. The maximum atomic E-state index is 12.8. The normalized spacial score (nSPS) is 16.2. The molecule has 1 aliphatic rings. The van der Waals surface area contributed by atoms with E-state index in [2.05, 4.69) is 62.3 Å². The van der Waals surface area contributed by atoms with Gasteiger partial charge < -0.3 is 10.3 Å². The Kier molecular flexibility index (Phi) is 6.52. The van der Waals surface area contributed by atoms with Crippen molar-refractivity contribution in [2.45, 2.75) is 72.8 Å². The molecule has 0 bridgehead atoms. The predicted octanol–water partition coefficient (Wildman–Crippen LogP) is 4.95. The number of nitrogens with zero attached hydrogens (tertiary/aromatic N) is 1. The number of carbonyl (C=O) groups excluding carboxylic acids is 1. The van der Waals surface area contributed by atoms with Crippen molar-refractivity contribution in [3.8, 4) is 0 Å². The van der Waals surface area contributed by atoms with Gasteiger partial charge in [-0.25, -0.2) is 4.98 Å². The zero-order chi connectivity index (χ0) is 22.9. The number of hydrogen-bond donors (Lipinski definition) is 2. The molecule has 4 rings (SSSR count). The molecule has 1 aromatic carbocycles. The molecule has 2 N–H and O–H groups in total. The van der Waals surface area contributed by atoms with Crippen molar-refractivity contribution in [2.24, 2.45) is 11.3 Å². The van der Waals surface area contributed by atoms with Gasteiger partial charge in [-0.3, -0.25) is 9.59 Å². The number of H-pyrrole nitrogens is 1. The van der Waals surface area contributed by atoms with Crippen molar-refractivity contribution >= 4 is 27.5 Å². The summed E-state index contributed by atoms with van der Waals surface area (Å²) in [5.41, 5.74) is 3.77. The molecular weight excluding hydrogens is 418 g/mol. The molecule has 5 nitrogen and oxygen atoms in total. The van der Waals surface area contributed by atoms with Gasteiger partial charge in [-0.2, -0.15) is 0 Å². The second-order valence-electron chi connectivity index (χ2n) is 9.95. The lowest BCUT2D eigenvalue weighted by atomic mass is 9.72. The summed E-state index contributed by atoms with van der Waals surface area (Å²) in [6, 6.07) is 8.29. The molecule has 0 fully saturated rings. The Morgan fingerprint density at radius 1 is 1.22 bits per heavy atom. The van der Waals surface area contributed by atoms with E-state index in [0.717, 1.165) is 41.5 Å². The highest BCUT2D eigenvalue weighted by Gasteiger charge is 2.31. The van der Waals surface area contributed by atoms with Crippen molar-refractivity contribution < 1.29 is 4.79 Å². The van der Waals surface area contributed by atoms with E-state index in [9.17, 15) is 9.59 Å². The van der Waals surface area contributed by atoms with Crippen molar-refractivity contribution in [2.75, 3.05) is 0 Å². The van der Waals surface area contributed by atoms with Crippen molar-refractivity contribution in [1.82, 2.24) is 15.3 Å². The first-order valence-corrected chi connectivity index (χ1v) is 12.4. The van der Waals surface area contributed by atoms with E-state index in [0.29, 0.717) is 31.1 Å². The Morgan fingerprint density at radius 2 is 1.94 bits per heavy atom. The summed E-state index contributed by atoms with van der Waals surface area (Å²) in [4.78, 5) is 34.9. The number of thiophene rings is 1. The van der Waals surface area contributed by atoms with Crippen molar-refractivity contribution in [3.63, 3.8) is 0 Å². The van der Waals surface area contributed by atoms with Gasteiger partial charge in [0.15, 0.2) is 0 Å². The van der Waals surface area contributed by atoms with Gasteiger partial charge in [-0.05, 0) is 53.7 Å². The molecule has 2 heterocycles. The number of fused-ring (bicyclic) bond motifs is 3. The molecule has 3 aromatic rings. The van der Waals surface area contributed by atoms with Crippen molar-refractivity contribution in [3.05, 3.63) is 62.0 Å². The van der Waals surface area contributed by atoms with E-state index in [-0.39, 0.29) is 16.9 Å². The Balaban J connectivity index is 1.40. The molecule has 0 unspecified atom stereocenters. The molecule has 1 atom stereocenters. The highest BCUT2D eigenvalue weighted by Crippen LogP contribution is 2.41. The third kappa shape index (κ3) is 4.96. The van der Waals surface area contributed by atoms with E-state index in [1.54, 1.807) is 11.3 Å². The fourth-order valence-corrected chi connectivity index (χ4v) is 5.82. The quantitative estimate of drug-likeness (QED) is 0.557. The highest BCUT2D eigenvalue weighted by atomic mass is 32.1. The largest absolute Gasteiger partial charge is 0.352 e. The topological polar surface area (TPSA) is 74.8 Å². The minimum atomic E-state index is -0.0619. The average Bonchev–Trinajstić information content (AvgIpc) is 3.14. The summed E-state index contributed by atoms with van der Waals surface area (Å²) >= 11 is 1.66. The Labute approximate surface area is 193 Å². The van der Waals surface area contributed by atoms with Crippen LogP contribution in [0.5, 0.6) is 0 Å². The van der Waals surface area contributed by atoms with Gasteiger partial charge in [0.05, 0.1) is 5.39 Å². The number of hydrogen-bond acceptors (Lipinski definition) is 4. The lowest BCUT2D eigenvalue weighted by Gasteiger charge is -2.33. The van der Waals surface area contributed by atoms with Gasteiger partial charge >= 0.3 is 0 Å². The van der Waals surface area contributed by atoms with E-state index < -0.39 is 0 Å². The first-order valence-electron chi connectivity index (χ1n) is 11.6. The van der Waals surface area contributed by atoms with Crippen LogP contribution >= 0.6 is 11.3 Å². The lowest BCUT2D eigenvalue weighted by molar-refractivity contribution is -0.121. The molecule has 1 amide bonds. The summed E-state index contributed by atoms with van der Waals surface area (Å²) in [5, 5.41) is 3.73. The number of benzene rings is 1. The standard InChI is InChI=1S/C26H33N3O2S/c1-5-16-6-8-17(9-7-16)15-27-22(30)13-12-21-28-24(31)23-19-11-10-18(26(2,3)4)14-20(19)32-25(23)29-21/h6-9,18H,5,10-15H2,1-4H3,(H,27,30)(H,28,29,31)/t18-/m0/s1. The molecule has 170 valence electrons. The van der Waals surface area contributed by atoms with Crippen LogP contribution in [0.1, 0.15) is 67.9 Å². The highest BCUT2D eigenvalue weighted by molar-refractivity contribution is 7.18. The molecule has 6 heteroatoms. The molecule has 0 spiro atoms. The number of aromatic amines is 1. The van der Waals surface area contributed by atoms with Gasteiger partial charge in [-0.15, -0.1) is 11.3 Å². The van der Waals surface area contributed by atoms with E-state index >= 15 is 0 Å². The summed E-state index contributed by atoms with van der Waals surface area (Å²) in [6.45, 7) is 9.53. The SMILES string of the molecule is CCc1ccc(CNC(=O)CCc2nc3sc4c(c3c(=O)[nH]2)CC[C@H](C(C)(C)C)C4)cc1. The van der Waals surface area contributed by atoms with Crippen LogP contribution in [0.4, 0.5) is 0 Å². The van der Waals surface area contributed by atoms with Crippen LogP contribution in [0.2, 0.25) is 0 Å². The fourth-order valence-electron chi connectivity index (χ4n) is 4.50. The minimum Gasteiger partial charge on any atom is -0.352 e. The Bertz CT molecular complexity index is 1170. The van der Waals surface area contributed by atoms with Crippen LogP contribution in [0, 0.1) is 11.3 Å². The number of amides is 1. The molecular formula is C26H33N3O2S. The third-order valence-electron chi connectivity index (χ3n) is 6.70. The maximum Gasteiger partial charge on any atom is 0.259 e. The molecule has 0 aliphatic heterocycles. The first kappa shape index (κ1) is 22.7. The zero-order valence-electron chi connectivity index (χ0n) is 19.5. The van der Waals surface area contributed by atoms with Gasteiger partial charge in [0.2, 0.25) is 5.91 Å². The molecule has 2 aromatic heterocycles. The molecule has 0 saturated heterocycles. The Morgan fingerprint density at radius 3 is 2.62 bits per heavy atom. The molecule has 32 heavy (non-hydrogen) atoms. The van der Waals surface area contributed by atoms with Crippen LogP contribution < -0.4 is 10.9 Å². The van der Waals surface area contributed by atoms with Crippen LogP contribution in [-0.4, -0.2) is 15.9 Å². The summed E-state index contributed by atoms with van der Waals surface area (Å²) in [6.07, 6.45) is 4.83. The monoisotopic (exact) mass is 451 g/mol. The van der Waals surface area contributed by atoms with Gasteiger partial charge in [0, 0.05) is 24.3 Å². The second-order valence-corrected chi connectivity index (χ2v) is 11.0. The first-order chi connectivity index (χ1) is 15.2. The number of rotatable bonds is 6. The average molecular weight is 452 g/mol. The predicted molar refractivity (Wildman–Crippen MR) is 131 cm³/mol. The van der Waals surface area contributed by atoms with Crippen molar-refractivity contribution in [1.29, 1.82) is 0 Å². The van der Waals surface area contributed by atoms with E-state index in [1.165, 1.54) is 16.0 Å². The van der Waals surface area contributed by atoms with Crippen LogP contribution in [0.3, 0.4) is 0 Å². The fraction of sp³-hybridized carbons (Fsp3) is 0.500. The number of carbonyl (C=O) groups is 1. The number of nitrogens with one attached hydrogen (secondary N) is 2. The third-order valence-corrected chi connectivity index (χ3v) is 7.85. The van der Waals surface area contributed by atoms with Crippen LogP contribution in [-0.2, 0) is 37.0 Å². The molecule has 0 radical (unpaired) electrons. The summed E-state index contributed by atoms with van der Waals surface area (Å²) in [5.74, 6) is 1.19. The molecule has 0 saturated carbocycles. The van der Waals surface area contributed by atoms with E-state index in [1.807, 2.05) is 0 Å². The zero-order valence-corrected chi connectivity index (χ0v) is 20.3. The minimum absolute atomic E-state index is 0.0363. The van der Waals surface area contributed by atoms with Gasteiger partial charge in [-0.1, -0.05) is 52.0 Å². The smallest absolute Gasteiger partial charge is 0.259 e. The Hall–Kier alpha value is -2.47. The number of aryl methyl sites for hydroxylation is 3. The molecule has 1 aliphatic carbocycles. The van der Waals surface area contributed by atoms with Gasteiger partial charge in [0.1, 0.15) is 10.7 Å². The maximum absolute atomic E-state index is 12.8. The number of aromatic nitrogens is 2. The van der Waals surface area contributed by atoms with E-state index in [4.69, 9.17) is 4.98 Å². The van der Waals surface area contributed by atoms with Crippen LogP contribution in [0.25, 0.3) is 10.2 Å².